The molecule has 0 aliphatic carbocycles. The van der Waals surface area contributed by atoms with E-state index in [0.29, 0.717) is 30.2 Å². The molecule has 0 saturated carbocycles. The minimum absolute atomic E-state index is 0.164. The maximum absolute atomic E-state index is 11.9. The Hall–Kier alpha value is -4.09. The first-order chi connectivity index (χ1) is 19.2. The van der Waals surface area contributed by atoms with Gasteiger partial charge in [-0.3, -0.25) is 4.79 Å². The zero-order valence-electron chi connectivity index (χ0n) is 23.5. The number of ether oxygens (including phenoxy) is 4. The van der Waals surface area contributed by atoms with Crippen LogP contribution in [0.25, 0.3) is 22.5 Å². The molecule has 0 atom stereocenters. The summed E-state index contributed by atoms with van der Waals surface area (Å²) < 4.78 is 23.9. The number of nitrogens with zero attached hydrogens (tertiary/aromatic N) is 5. The number of pyridine rings is 2. The van der Waals surface area contributed by atoms with Crippen molar-refractivity contribution in [3.05, 3.63) is 67.0 Å². The molecule has 0 fully saturated rings. The van der Waals surface area contributed by atoms with Crippen LogP contribution in [0, 0.1) is 5.41 Å². The van der Waals surface area contributed by atoms with Crippen molar-refractivity contribution in [2.24, 2.45) is 5.41 Å². The molecule has 10 nitrogen and oxygen atoms in total. The molecule has 4 rings (SSSR count). The van der Waals surface area contributed by atoms with Crippen molar-refractivity contribution in [1.82, 2.24) is 24.7 Å². The highest BCUT2D eigenvalue weighted by Gasteiger charge is 2.30. The molecular weight excluding hydrogens is 526 g/mol. The van der Waals surface area contributed by atoms with Crippen molar-refractivity contribution in [3.8, 4) is 40.3 Å². The first-order valence-corrected chi connectivity index (χ1v) is 16.3. The molecule has 0 saturated heterocycles. The van der Waals surface area contributed by atoms with Crippen LogP contribution in [0.4, 0.5) is 0 Å². The molecule has 0 amide bonds. The zero-order valence-corrected chi connectivity index (χ0v) is 24.7. The summed E-state index contributed by atoms with van der Waals surface area (Å²) >= 11 is 0. The number of carbonyl (C=O) groups is 1. The SMILES string of the molecule is COC(=O)C(C)(C)COc1ccc(-c2ccc(-c3nc(Oc4ccccn4)n(COCC[SiH](C)C)n3)cc2)cn1. The zero-order chi connectivity index (χ0) is 28.5. The van der Waals surface area contributed by atoms with Gasteiger partial charge in [-0.05, 0) is 37.6 Å². The van der Waals surface area contributed by atoms with E-state index < -0.39 is 14.2 Å². The summed E-state index contributed by atoms with van der Waals surface area (Å²) in [6.07, 6.45) is 3.40. The van der Waals surface area contributed by atoms with Crippen LogP contribution in [0.15, 0.2) is 67.0 Å². The van der Waals surface area contributed by atoms with E-state index in [1.165, 1.54) is 7.11 Å². The van der Waals surface area contributed by atoms with Gasteiger partial charge in [0.1, 0.15) is 13.3 Å². The predicted molar refractivity (Wildman–Crippen MR) is 154 cm³/mol. The summed E-state index contributed by atoms with van der Waals surface area (Å²) in [6.45, 7) is 9.20. The maximum Gasteiger partial charge on any atom is 0.324 e. The Bertz CT molecular complexity index is 1380. The van der Waals surface area contributed by atoms with Gasteiger partial charge in [-0.1, -0.05) is 43.4 Å². The van der Waals surface area contributed by atoms with E-state index in [1.807, 2.05) is 42.5 Å². The lowest BCUT2D eigenvalue weighted by atomic mass is 9.95. The highest BCUT2D eigenvalue weighted by atomic mass is 28.3. The summed E-state index contributed by atoms with van der Waals surface area (Å²) in [4.78, 5) is 25.1. The van der Waals surface area contributed by atoms with Gasteiger partial charge in [0.25, 0.3) is 0 Å². The van der Waals surface area contributed by atoms with E-state index in [9.17, 15) is 4.79 Å². The van der Waals surface area contributed by atoms with Crippen molar-refractivity contribution in [2.45, 2.75) is 39.7 Å². The Balaban J connectivity index is 1.46. The normalized spacial score (nSPS) is 11.4. The van der Waals surface area contributed by atoms with E-state index in [0.717, 1.165) is 22.7 Å². The van der Waals surface area contributed by atoms with E-state index in [2.05, 4.69) is 33.1 Å². The molecule has 4 aromatic rings. The molecule has 0 radical (unpaired) electrons. The Morgan fingerprint density at radius 3 is 2.35 bits per heavy atom. The fraction of sp³-hybridized carbons (Fsp3) is 0.345. The second kappa shape index (κ2) is 13.3. The third-order valence-electron chi connectivity index (χ3n) is 6.06. The van der Waals surface area contributed by atoms with Gasteiger partial charge in [0.15, 0.2) is 5.82 Å². The summed E-state index contributed by atoms with van der Waals surface area (Å²) in [7, 11) is 0.666. The molecule has 210 valence electrons. The molecule has 1 aromatic carbocycles. The Morgan fingerprint density at radius 1 is 0.950 bits per heavy atom. The monoisotopic (exact) mass is 561 g/mol. The lowest BCUT2D eigenvalue weighted by molar-refractivity contribution is -0.152. The largest absolute Gasteiger partial charge is 0.476 e. The molecule has 3 aromatic heterocycles. The van der Waals surface area contributed by atoms with Crippen LogP contribution in [0.1, 0.15) is 13.8 Å². The molecule has 0 unspecified atom stereocenters. The smallest absolute Gasteiger partial charge is 0.324 e. The highest BCUT2D eigenvalue weighted by molar-refractivity contribution is 6.55. The van der Waals surface area contributed by atoms with Gasteiger partial charge >= 0.3 is 12.0 Å². The minimum Gasteiger partial charge on any atom is -0.476 e. The van der Waals surface area contributed by atoms with Crippen molar-refractivity contribution in [3.63, 3.8) is 0 Å². The van der Waals surface area contributed by atoms with Gasteiger partial charge in [0.2, 0.25) is 11.8 Å². The molecule has 40 heavy (non-hydrogen) atoms. The summed E-state index contributed by atoms with van der Waals surface area (Å²) in [5.74, 6) is 1.06. The summed E-state index contributed by atoms with van der Waals surface area (Å²) in [6, 6.07) is 18.4. The number of hydrogen-bond acceptors (Lipinski definition) is 9. The molecule has 0 bridgehead atoms. The third kappa shape index (κ3) is 7.73. The molecule has 11 heteroatoms. The second-order valence-corrected chi connectivity index (χ2v) is 13.7. The first-order valence-electron chi connectivity index (χ1n) is 13.1. The number of benzene rings is 1. The Labute approximate surface area is 235 Å². The number of esters is 1. The lowest BCUT2D eigenvalue weighted by Gasteiger charge is -2.21. The number of methoxy groups -OCH3 is 1. The van der Waals surface area contributed by atoms with Gasteiger partial charge in [-0.25, -0.2) is 9.97 Å². The fourth-order valence-electron chi connectivity index (χ4n) is 3.62. The van der Waals surface area contributed by atoms with Crippen LogP contribution in [0.3, 0.4) is 0 Å². The van der Waals surface area contributed by atoms with Crippen LogP contribution in [-0.4, -0.2) is 59.8 Å². The van der Waals surface area contributed by atoms with Crippen LogP contribution >= 0.6 is 0 Å². The fourth-order valence-corrected chi connectivity index (χ4v) is 4.26. The summed E-state index contributed by atoms with van der Waals surface area (Å²) in [5.41, 5.74) is 1.96. The lowest BCUT2D eigenvalue weighted by Crippen LogP contribution is -2.32. The minimum atomic E-state index is -0.768. The van der Waals surface area contributed by atoms with Crippen molar-refractivity contribution in [1.29, 1.82) is 0 Å². The molecule has 0 aliphatic rings. The van der Waals surface area contributed by atoms with Gasteiger partial charge < -0.3 is 18.9 Å². The van der Waals surface area contributed by atoms with E-state index in [-0.39, 0.29) is 19.3 Å². The van der Waals surface area contributed by atoms with Crippen LogP contribution in [0.2, 0.25) is 19.1 Å². The number of hydrogen-bond donors (Lipinski definition) is 0. The molecule has 0 N–H and O–H groups in total. The van der Waals surface area contributed by atoms with Gasteiger partial charge in [-0.15, -0.1) is 5.10 Å². The van der Waals surface area contributed by atoms with Gasteiger partial charge in [0.05, 0.1) is 12.5 Å². The molecule has 3 heterocycles. The average Bonchev–Trinajstić information content (AvgIpc) is 3.37. The number of carbonyl (C=O) groups excluding carboxylic acids is 1. The maximum atomic E-state index is 11.9. The molecule has 0 aliphatic heterocycles. The number of aromatic nitrogens is 5. The van der Waals surface area contributed by atoms with Crippen LogP contribution in [-0.2, 0) is 21.0 Å². The van der Waals surface area contributed by atoms with Gasteiger partial charge in [0, 0.05) is 51.1 Å². The topological polar surface area (TPSA) is 110 Å². The predicted octanol–water partition coefficient (Wildman–Crippen LogP) is 5.23. The average molecular weight is 562 g/mol. The van der Waals surface area contributed by atoms with Crippen LogP contribution < -0.4 is 9.47 Å². The second-order valence-electron chi connectivity index (χ2n) is 10.3. The van der Waals surface area contributed by atoms with Crippen molar-refractivity contribution < 1.29 is 23.7 Å². The van der Waals surface area contributed by atoms with E-state index in [4.69, 9.17) is 18.9 Å². The van der Waals surface area contributed by atoms with Crippen LogP contribution in [0.5, 0.6) is 17.8 Å². The number of rotatable bonds is 13. The highest BCUT2D eigenvalue weighted by Crippen LogP contribution is 2.27. The van der Waals surface area contributed by atoms with Crippen molar-refractivity contribution in [2.75, 3.05) is 20.3 Å². The standard InChI is InChI=1S/C29H35N5O5Si/c1-29(2,27(35)36-3)19-38-24-14-13-23(18-31-24)21-9-11-22(12-10-21)26-32-28(39-25-8-6-7-15-30-25)34(33-26)20-37-16-17-40(4)5/h6-15,18,40H,16-17,19-20H2,1-5H3. The van der Waals surface area contributed by atoms with E-state index >= 15 is 0 Å². The molecule has 0 spiro atoms. The van der Waals surface area contributed by atoms with Crippen molar-refractivity contribution >= 4 is 14.8 Å². The third-order valence-corrected chi connectivity index (χ3v) is 7.45. The van der Waals surface area contributed by atoms with E-state index in [1.54, 1.807) is 43.1 Å². The van der Waals surface area contributed by atoms with Gasteiger partial charge in [-0.2, -0.15) is 9.67 Å². The quantitative estimate of drug-likeness (QED) is 0.123. The first kappa shape index (κ1) is 28.9. The Kier molecular flexibility index (Phi) is 9.62. The summed E-state index contributed by atoms with van der Waals surface area (Å²) in [5, 5.41) is 4.64. The molecular formula is C29H35N5O5Si. The Morgan fingerprint density at radius 2 is 1.70 bits per heavy atom.